The van der Waals surface area contributed by atoms with Gasteiger partial charge in [0.25, 0.3) is 0 Å². The molecule has 0 aromatic heterocycles. The molecule has 0 bridgehead atoms. The Hall–Kier alpha value is -0.610. The van der Waals surface area contributed by atoms with Crippen molar-refractivity contribution in [3.8, 4) is 0 Å². The summed E-state index contributed by atoms with van der Waals surface area (Å²) in [4.78, 5) is 13.0. The number of hydrogen-bond donors (Lipinski definition) is 2. The highest BCUT2D eigenvalue weighted by Crippen LogP contribution is 2.13. The molecule has 1 aliphatic rings. The Morgan fingerprint density at radius 3 is 2.69 bits per heavy atom. The second-order valence-electron chi connectivity index (χ2n) is 4.95. The van der Waals surface area contributed by atoms with Gasteiger partial charge in [0.15, 0.2) is 0 Å². The van der Waals surface area contributed by atoms with E-state index < -0.39 is 5.97 Å². The molecule has 4 nitrogen and oxygen atoms in total. The number of aliphatic carboxylic acids is 1. The SMILES string of the molecule is CC(C(=O)O)C(C)N(C)CC1CCCCN1. The molecule has 0 radical (unpaired) electrons. The maximum Gasteiger partial charge on any atom is 0.307 e. The number of likely N-dealkylation sites (N-methyl/N-ethyl adjacent to an activating group) is 1. The van der Waals surface area contributed by atoms with Gasteiger partial charge in [0.2, 0.25) is 0 Å². The number of carboxylic acids is 1. The monoisotopic (exact) mass is 228 g/mol. The minimum atomic E-state index is -0.712. The van der Waals surface area contributed by atoms with Crippen LogP contribution in [0.5, 0.6) is 0 Å². The van der Waals surface area contributed by atoms with Crippen molar-refractivity contribution in [1.29, 1.82) is 0 Å². The standard InChI is InChI=1S/C12H24N2O2/c1-9(12(15)16)10(2)14(3)8-11-6-4-5-7-13-11/h9-11,13H,4-8H2,1-3H3,(H,15,16). The molecule has 1 rings (SSSR count). The summed E-state index contributed by atoms with van der Waals surface area (Å²) in [5.74, 6) is -1.02. The third-order valence-corrected chi connectivity index (χ3v) is 3.73. The Morgan fingerprint density at radius 1 is 1.50 bits per heavy atom. The highest BCUT2D eigenvalue weighted by molar-refractivity contribution is 5.70. The van der Waals surface area contributed by atoms with Crippen molar-refractivity contribution >= 4 is 5.97 Å². The number of piperidine rings is 1. The third-order valence-electron chi connectivity index (χ3n) is 3.73. The molecule has 0 aliphatic carbocycles. The van der Waals surface area contributed by atoms with Crippen molar-refractivity contribution in [1.82, 2.24) is 10.2 Å². The largest absolute Gasteiger partial charge is 0.481 e. The molecule has 1 aliphatic heterocycles. The first-order valence-electron chi connectivity index (χ1n) is 6.18. The minimum Gasteiger partial charge on any atom is -0.481 e. The Morgan fingerprint density at radius 2 is 2.19 bits per heavy atom. The molecule has 0 aromatic carbocycles. The first-order chi connectivity index (χ1) is 7.52. The molecule has 3 atom stereocenters. The molecule has 16 heavy (non-hydrogen) atoms. The zero-order valence-corrected chi connectivity index (χ0v) is 10.6. The van der Waals surface area contributed by atoms with Crippen molar-refractivity contribution in [3.63, 3.8) is 0 Å². The summed E-state index contributed by atoms with van der Waals surface area (Å²) in [5.41, 5.74) is 0. The second-order valence-corrected chi connectivity index (χ2v) is 4.95. The number of nitrogens with one attached hydrogen (secondary N) is 1. The van der Waals surface area contributed by atoms with Gasteiger partial charge in [-0.1, -0.05) is 13.3 Å². The zero-order chi connectivity index (χ0) is 12.1. The van der Waals surface area contributed by atoms with Crippen molar-refractivity contribution in [3.05, 3.63) is 0 Å². The summed E-state index contributed by atoms with van der Waals surface area (Å²) in [7, 11) is 2.01. The van der Waals surface area contributed by atoms with Crippen LogP contribution in [0, 0.1) is 5.92 Å². The van der Waals surface area contributed by atoms with E-state index in [1.54, 1.807) is 6.92 Å². The summed E-state index contributed by atoms with van der Waals surface area (Å²) >= 11 is 0. The van der Waals surface area contributed by atoms with E-state index in [-0.39, 0.29) is 12.0 Å². The van der Waals surface area contributed by atoms with E-state index in [1.165, 1.54) is 19.3 Å². The van der Waals surface area contributed by atoms with Gasteiger partial charge in [-0.05, 0) is 33.4 Å². The lowest BCUT2D eigenvalue weighted by atomic mass is 10.00. The quantitative estimate of drug-likeness (QED) is 0.741. The number of rotatable bonds is 5. The topological polar surface area (TPSA) is 52.6 Å². The van der Waals surface area contributed by atoms with Crippen LogP contribution < -0.4 is 5.32 Å². The fourth-order valence-corrected chi connectivity index (χ4v) is 2.18. The van der Waals surface area contributed by atoms with Crippen LogP contribution in [0.4, 0.5) is 0 Å². The van der Waals surface area contributed by atoms with Gasteiger partial charge in [0, 0.05) is 18.6 Å². The third kappa shape index (κ3) is 3.76. The molecular weight excluding hydrogens is 204 g/mol. The van der Waals surface area contributed by atoms with Gasteiger partial charge in [-0.25, -0.2) is 0 Å². The molecule has 4 heteroatoms. The smallest absolute Gasteiger partial charge is 0.307 e. The molecule has 0 amide bonds. The molecule has 1 heterocycles. The Kier molecular flexibility index (Phi) is 5.22. The highest BCUT2D eigenvalue weighted by atomic mass is 16.4. The molecule has 0 aromatic rings. The summed E-state index contributed by atoms with van der Waals surface area (Å²) < 4.78 is 0. The zero-order valence-electron chi connectivity index (χ0n) is 10.6. The molecule has 2 N–H and O–H groups in total. The maximum absolute atomic E-state index is 10.9. The van der Waals surface area contributed by atoms with E-state index in [1.807, 2.05) is 14.0 Å². The lowest BCUT2D eigenvalue weighted by molar-refractivity contribution is -0.143. The van der Waals surface area contributed by atoms with Crippen LogP contribution in [0.2, 0.25) is 0 Å². The highest BCUT2D eigenvalue weighted by Gasteiger charge is 2.25. The molecule has 94 valence electrons. The number of hydrogen-bond acceptors (Lipinski definition) is 3. The van der Waals surface area contributed by atoms with E-state index in [0.717, 1.165) is 13.1 Å². The van der Waals surface area contributed by atoms with Gasteiger partial charge in [-0.2, -0.15) is 0 Å². The van der Waals surface area contributed by atoms with Gasteiger partial charge in [0.05, 0.1) is 5.92 Å². The van der Waals surface area contributed by atoms with Crippen LogP contribution in [0.3, 0.4) is 0 Å². The Bertz CT molecular complexity index is 227. The molecule has 3 unspecified atom stereocenters. The molecular formula is C12H24N2O2. The predicted octanol–water partition coefficient (Wildman–Crippen LogP) is 1.17. The maximum atomic E-state index is 10.9. The van der Waals surface area contributed by atoms with Crippen LogP contribution in [0.1, 0.15) is 33.1 Å². The first-order valence-corrected chi connectivity index (χ1v) is 6.18. The molecule has 0 spiro atoms. The predicted molar refractivity (Wildman–Crippen MR) is 64.5 cm³/mol. The Balaban J connectivity index is 2.37. The van der Waals surface area contributed by atoms with E-state index in [9.17, 15) is 4.79 Å². The first kappa shape index (κ1) is 13.5. The molecule has 1 fully saturated rings. The van der Waals surface area contributed by atoms with E-state index in [2.05, 4.69) is 10.2 Å². The van der Waals surface area contributed by atoms with E-state index in [0.29, 0.717) is 6.04 Å². The van der Waals surface area contributed by atoms with Crippen LogP contribution in [-0.4, -0.2) is 48.2 Å². The van der Waals surface area contributed by atoms with Gasteiger partial charge in [-0.3, -0.25) is 4.79 Å². The van der Waals surface area contributed by atoms with Crippen LogP contribution >= 0.6 is 0 Å². The summed E-state index contributed by atoms with van der Waals surface area (Å²) in [5, 5.41) is 12.4. The fraction of sp³-hybridized carbons (Fsp3) is 0.917. The van der Waals surface area contributed by atoms with Crippen LogP contribution in [0.25, 0.3) is 0 Å². The normalized spacial score (nSPS) is 25.4. The van der Waals surface area contributed by atoms with Gasteiger partial charge >= 0.3 is 5.97 Å². The van der Waals surface area contributed by atoms with Gasteiger partial charge in [-0.15, -0.1) is 0 Å². The number of carbonyl (C=O) groups is 1. The number of carboxylic acid groups (broad SMARTS) is 1. The minimum absolute atomic E-state index is 0.0845. The summed E-state index contributed by atoms with van der Waals surface area (Å²) in [6.45, 7) is 5.81. The lowest BCUT2D eigenvalue weighted by Gasteiger charge is -2.33. The molecule has 1 saturated heterocycles. The van der Waals surface area contributed by atoms with Crippen molar-refractivity contribution in [2.45, 2.75) is 45.2 Å². The number of nitrogens with zero attached hydrogens (tertiary/aromatic N) is 1. The summed E-state index contributed by atoms with van der Waals surface area (Å²) in [6, 6.07) is 0.614. The van der Waals surface area contributed by atoms with Crippen molar-refractivity contribution < 1.29 is 9.90 Å². The Labute approximate surface area is 98.0 Å². The van der Waals surface area contributed by atoms with Gasteiger partial charge in [0.1, 0.15) is 0 Å². The average molecular weight is 228 g/mol. The van der Waals surface area contributed by atoms with Crippen LogP contribution in [-0.2, 0) is 4.79 Å². The second kappa shape index (κ2) is 6.21. The van der Waals surface area contributed by atoms with E-state index in [4.69, 9.17) is 5.11 Å². The van der Waals surface area contributed by atoms with Crippen LogP contribution in [0.15, 0.2) is 0 Å². The van der Waals surface area contributed by atoms with Gasteiger partial charge < -0.3 is 15.3 Å². The van der Waals surface area contributed by atoms with Crippen molar-refractivity contribution in [2.24, 2.45) is 5.92 Å². The lowest BCUT2D eigenvalue weighted by Crippen LogP contribution is -2.47. The average Bonchev–Trinajstić information content (AvgIpc) is 2.28. The summed E-state index contributed by atoms with van der Waals surface area (Å²) in [6.07, 6.45) is 3.76. The van der Waals surface area contributed by atoms with E-state index >= 15 is 0 Å². The fourth-order valence-electron chi connectivity index (χ4n) is 2.18. The molecule has 0 saturated carbocycles. The van der Waals surface area contributed by atoms with Crippen molar-refractivity contribution in [2.75, 3.05) is 20.1 Å².